The summed E-state index contributed by atoms with van der Waals surface area (Å²) in [5.74, 6) is 1.33. The molecule has 0 unspecified atom stereocenters. The van der Waals surface area contributed by atoms with Crippen LogP contribution in [0, 0.1) is 6.92 Å². The fourth-order valence-corrected chi connectivity index (χ4v) is 2.89. The number of imidazole rings is 1. The molecule has 2 nitrogen and oxygen atoms in total. The van der Waals surface area contributed by atoms with Gasteiger partial charge in [0.15, 0.2) is 11.0 Å². The molecular weight excluding hydrogens is 244 g/mol. The monoisotopic (exact) mass is 265 g/mol. The molecule has 0 spiro atoms. The molecule has 1 aromatic heterocycles. The summed E-state index contributed by atoms with van der Waals surface area (Å²) in [4.78, 5) is 0. The van der Waals surface area contributed by atoms with E-state index in [0.717, 1.165) is 19.5 Å². The van der Waals surface area contributed by atoms with E-state index in [1.165, 1.54) is 22.4 Å². The van der Waals surface area contributed by atoms with Crippen LogP contribution in [0.5, 0.6) is 0 Å². The van der Waals surface area contributed by atoms with Crippen molar-refractivity contribution >= 4 is 11.0 Å². The molecule has 0 N–H and O–H groups in total. The zero-order valence-electron chi connectivity index (χ0n) is 12.2. The van der Waals surface area contributed by atoms with Crippen LogP contribution in [0.15, 0.2) is 54.6 Å². The first-order chi connectivity index (χ1) is 9.81. The van der Waals surface area contributed by atoms with Crippen molar-refractivity contribution in [2.45, 2.75) is 33.4 Å². The van der Waals surface area contributed by atoms with Gasteiger partial charge in [0, 0.05) is 6.92 Å². The van der Waals surface area contributed by atoms with Gasteiger partial charge >= 0.3 is 0 Å². The average molecular weight is 265 g/mol. The fraction of sp³-hybridized carbons (Fsp3) is 0.278. The number of nitrogens with zero attached hydrogens (tertiary/aromatic N) is 2. The zero-order chi connectivity index (χ0) is 13.9. The van der Waals surface area contributed by atoms with Gasteiger partial charge in [-0.05, 0) is 24.1 Å². The van der Waals surface area contributed by atoms with Crippen molar-refractivity contribution < 1.29 is 4.57 Å². The smallest absolute Gasteiger partial charge is 0.227 e. The van der Waals surface area contributed by atoms with Crippen LogP contribution in [-0.2, 0) is 13.1 Å². The molecule has 2 heteroatoms. The van der Waals surface area contributed by atoms with E-state index < -0.39 is 0 Å². The van der Waals surface area contributed by atoms with Gasteiger partial charge in [0.1, 0.15) is 6.54 Å². The van der Waals surface area contributed by atoms with Gasteiger partial charge in [-0.1, -0.05) is 49.4 Å². The minimum absolute atomic E-state index is 0.934. The molecule has 1 heterocycles. The number of rotatable bonds is 4. The largest absolute Gasteiger partial charge is 0.254 e. The third kappa shape index (κ3) is 2.22. The maximum absolute atomic E-state index is 2.43. The predicted octanol–water partition coefficient (Wildman–Crippen LogP) is 3.70. The predicted molar refractivity (Wildman–Crippen MR) is 82.7 cm³/mol. The lowest BCUT2D eigenvalue weighted by molar-refractivity contribution is -0.669. The Morgan fingerprint density at radius 1 is 0.950 bits per heavy atom. The third-order valence-corrected chi connectivity index (χ3v) is 3.88. The third-order valence-electron chi connectivity index (χ3n) is 3.88. The first kappa shape index (κ1) is 12.9. The molecule has 3 aromatic rings. The van der Waals surface area contributed by atoms with Gasteiger partial charge in [0.05, 0.1) is 6.54 Å². The Labute approximate surface area is 120 Å². The van der Waals surface area contributed by atoms with E-state index in [9.17, 15) is 0 Å². The van der Waals surface area contributed by atoms with Gasteiger partial charge in [-0.3, -0.25) is 0 Å². The molecule has 20 heavy (non-hydrogen) atoms. The molecule has 0 fully saturated rings. The fourth-order valence-electron chi connectivity index (χ4n) is 2.89. The highest BCUT2D eigenvalue weighted by atomic mass is 15.2. The quantitative estimate of drug-likeness (QED) is 0.636. The van der Waals surface area contributed by atoms with Crippen molar-refractivity contribution in [3.63, 3.8) is 0 Å². The number of aromatic nitrogens is 2. The molecule has 0 amide bonds. The van der Waals surface area contributed by atoms with Crippen molar-refractivity contribution in [2.24, 2.45) is 0 Å². The van der Waals surface area contributed by atoms with Crippen LogP contribution in [0.1, 0.15) is 24.7 Å². The van der Waals surface area contributed by atoms with Crippen LogP contribution in [0.4, 0.5) is 0 Å². The summed E-state index contributed by atoms with van der Waals surface area (Å²) in [5, 5.41) is 0. The van der Waals surface area contributed by atoms with Gasteiger partial charge in [-0.15, -0.1) is 0 Å². The van der Waals surface area contributed by atoms with Crippen LogP contribution in [0.2, 0.25) is 0 Å². The van der Waals surface area contributed by atoms with Crippen molar-refractivity contribution in [2.75, 3.05) is 0 Å². The number of aryl methyl sites for hydroxylation is 1. The van der Waals surface area contributed by atoms with E-state index in [1.54, 1.807) is 0 Å². The molecule has 0 aliphatic carbocycles. The summed E-state index contributed by atoms with van der Waals surface area (Å²) < 4.78 is 4.85. The summed E-state index contributed by atoms with van der Waals surface area (Å²) in [5.41, 5.74) is 4.00. The standard InChI is InChI=1S/C18H21N2/c1-3-13-19-15(2)20(14-16-9-5-4-6-10-16)18-12-8-7-11-17(18)19/h4-12H,3,13-14H2,1-2H3/q+1. The molecule has 0 aliphatic heterocycles. The Morgan fingerprint density at radius 3 is 2.40 bits per heavy atom. The Hall–Kier alpha value is -2.09. The van der Waals surface area contributed by atoms with Crippen LogP contribution in [-0.4, -0.2) is 4.57 Å². The van der Waals surface area contributed by atoms with Crippen molar-refractivity contribution in [3.8, 4) is 0 Å². The van der Waals surface area contributed by atoms with E-state index in [0.29, 0.717) is 0 Å². The van der Waals surface area contributed by atoms with Gasteiger partial charge in [-0.25, -0.2) is 9.13 Å². The topological polar surface area (TPSA) is 8.81 Å². The van der Waals surface area contributed by atoms with Crippen LogP contribution >= 0.6 is 0 Å². The highest BCUT2D eigenvalue weighted by Crippen LogP contribution is 2.15. The second-order valence-corrected chi connectivity index (χ2v) is 5.26. The van der Waals surface area contributed by atoms with Crippen molar-refractivity contribution in [3.05, 3.63) is 66.0 Å². The van der Waals surface area contributed by atoms with E-state index in [4.69, 9.17) is 0 Å². The van der Waals surface area contributed by atoms with Crippen LogP contribution < -0.4 is 4.57 Å². The highest BCUT2D eigenvalue weighted by Gasteiger charge is 2.20. The first-order valence-corrected chi connectivity index (χ1v) is 7.33. The molecule has 3 rings (SSSR count). The van der Waals surface area contributed by atoms with Crippen LogP contribution in [0.3, 0.4) is 0 Å². The zero-order valence-corrected chi connectivity index (χ0v) is 12.2. The van der Waals surface area contributed by atoms with Gasteiger partial charge < -0.3 is 0 Å². The lowest BCUT2D eigenvalue weighted by Gasteiger charge is -2.01. The molecule has 0 bridgehead atoms. The van der Waals surface area contributed by atoms with Gasteiger partial charge in [-0.2, -0.15) is 0 Å². The SMILES string of the molecule is CCCn1c(C)[n+](Cc2ccccc2)c2ccccc21. The van der Waals surface area contributed by atoms with E-state index >= 15 is 0 Å². The molecule has 0 aliphatic rings. The van der Waals surface area contributed by atoms with Gasteiger partial charge in [0.25, 0.3) is 5.82 Å². The number of hydrogen-bond donors (Lipinski definition) is 0. The first-order valence-electron chi connectivity index (χ1n) is 7.33. The molecule has 0 saturated heterocycles. The number of fused-ring (bicyclic) bond motifs is 1. The van der Waals surface area contributed by atoms with Crippen molar-refractivity contribution in [1.29, 1.82) is 0 Å². The summed E-state index contributed by atoms with van der Waals surface area (Å²) in [7, 11) is 0. The molecule has 0 saturated carbocycles. The molecule has 0 radical (unpaired) electrons. The van der Waals surface area contributed by atoms with Gasteiger partial charge in [0.2, 0.25) is 0 Å². The summed E-state index contributed by atoms with van der Waals surface area (Å²) in [6.07, 6.45) is 1.16. The number of para-hydroxylation sites is 2. The highest BCUT2D eigenvalue weighted by molar-refractivity contribution is 5.72. The number of benzene rings is 2. The molecule has 2 aromatic carbocycles. The second-order valence-electron chi connectivity index (χ2n) is 5.26. The number of hydrogen-bond acceptors (Lipinski definition) is 0. The summed E-state index contributed by atoms with van der Waals surface area (Å²) >= 11 is 0. The van der Waals surface area contributed by atoms with E-state index in [1.807, 2.05) is 0 Å². The lowest BCUT2D eigenvalue weighted by atomic mass is 10.2. The summed E-state index contributed by atoms with van der Waals surface area (Å²) in [6, 6.07) is 19.4. The Balaban J connectivity index is 2.12. The second kappa shape index (κ2) is 5.49. The molecule has 102 valence electrons. The van der Waals surface area contributed by atoms with E-state index in [2.05, 4.69) is 77.6 Å². The minimum Gasteiger partial charge on any atom is -0.227 e. The lowest BCUT2D eigenvalue weighted by Crippen LogP contribution is -2.37. The maximum atomic E-state index is 2.43. The maximum Gasteiger partial charge on any atom is 0.254 e. The summed E-state index contributed by atoms with van der Waals surface area (Å²) in [6.45, 7) is 6.46. The molecular formula is C18H21N2+. The van der Waals surface area contributed by atoms with Crippen LogP contribution in [0.25, 0.3) is 11.0 Å². The average Bonchev–Trinajstić information content (AvgIpc) is 2.75. The minimum atomic E-state index is 0.934. The Morgan fingerprint density at radius 2 is 1.65 bits per heavy atom. The van der Waals surface area contributed by atoms with E-state index in [-0.39, 0.29) is 0 Å². The molecule has 0 atom stereocenters. The Bertz CT molecular complexity index is 711. The normalized spacial score (nSPS) is 11.1. The Kier molecular flexibility index (Phi) is 3.55. The van der Waals surface area contributed by atoms with Crippen molar-refractivity contribution in [1.82, 2.24) is 4.57 Å².